The van der Waals surface area contributed by atoms with Crippen LogP contribution in [0.25, 0.3) is 0 Å². The molecular weight excluding hydrogens is 414 g/mol. The molecule has 10 heteroatoms. The van der Waals surface area contributed by atoms with Crippen LogP contribution in [0.15, 0.2) is 48.7 Å². The minimum absolute atomic E-state index is 0.143. The Morgan fingerprint density at radius 3 is 2.79 bits per heavy atom. The summed E-state index contributed by atoms with van der Waals surface area (Å²) < 4.78 is 0. The number of nitro groups is 1. The Morgan fingerprint density at radius 1 is 1.24 bits per heavy atom. The van der Waals surface area contributed by atoms with Crippen molar-refractivity contribution in [3.8, 4) is 5.75 Å². The molecule has 29 heavy (non-hydrogen) atoms. The Kier molecular flexibility index (Phi) is 10.1. The normalized spacial score (nSPS) is 11.3. The molecule has 156 valence electrons. The molecule has 8 nitrogen and oxygen atoms in total. The predicted molar refractivity (Wildman–Crippen MR) is 115 cm³/mol. The minimum atomic E-state index is -0.476. The molecule has 0 radical (unpaired) electrons. The summed E-state index contributed by atoms with van der Waals surface area (Å²) in [5, 5.41) is 26.8. The molecule has 2 heterocycles. The van der Waals surface area contributed by atoms with Crippen LogP contribution in [0, 0.1) is 10.1 Å². The molecule has 0 aromatic carbocycles. The third-order valence-corrected chi connectivity index (χ3v) is 5.18. The second-order valence-corrected chi connectivity index (χ2v) is 7.64. The quantitative estimate of drug-likeness (QED) is 0.248. The first kappa shape index (κ1) is 22.8. The van der Waals surface area contributed by atoms with Crippen molar-refractivity contribution >= 4 is 23.4 Å². The van der Waals surface area contributed by atoms with Crippen LogP contribution in [0.2, 0.25) is 5.02 Å². The number of pyridine rings is 2. The molecule has 0 amide bonds. The van der Waals surface area contributed by atoms with Gasteiger partial charge in [-0.3, -0.25) is 20.1 Å². The van der Waals surface area contributed by atoms with Gasteiger partial charge in [-0.2, -0.15) is 11.8 Å². The number of rotatable bonds is 13. The number of aryl methyl sites for hydroxylation is 1. The van der Waals surface area contributed by atoms with E-state index in [1.54, 1.807) is 36.2 Å². The van der Waals surface area contributed by atoms with Crippen LogP contribution in [0.4, 0.5) is 0 Å². The van der Waals surface area contributed by atoms with E-state index < -0.39 is 4.92 Å². The average Bonchev–Trinajstić information content (AvgIpc) is 2.69. The van der Waals surface area contributed by atoms with Gasteiger partial charge in [0.25, 0.3) is 6.20 Å². The topological polar surface area (TPSA) is 113 Å². The van der Waals surface area contributed by atoms with Gasteiger partial charge in [0, 0.05) is 30.8 Å². The fourth-order valence-electron chi connectivity index (χ4n) is 2.44. The second kappa shape index (κ2) is 12.8. The van der Waals surface area contributed by atoms with Crippen molar-refractivity contribution in [3.63, 3.8) is 0 Å². The van der Waals surface area contributed by atoms with E-state index in [-0.39, 0.29) is 5.75 Å². The highest BCUT2D eigenvalue weighted by Crippen LogP contribution is 2.14. The number of thioether (sulfide) groups is 1. The Hall–Kier alpha value is -2.52. The fourth-order valence-corrected chi connectivity index (χ4v) is 3.43. The predicted octanol–water partition coefficient (Wildman–Crippen LogP) is 3.35. The molecule has 0 aliphatic carbocycles. The standard InChI is InChI=1S/C19H24ClN5O3S/c20-17-4-3-9-21-18(17)5-1-2-8-22-19(13-25(27)28)23-10-11-29-14-15-6-7-16(26)12-24-15/h3-4,6-7,9,12-13,22-23,26H,1-2,5,8,10-11,14H2/b19-13-. The van der Waals surface area contributed by atoms with Crippen molar-refractivity contribution in [2.45, 2.75) is 25.0 Å². The first-order chi connectivity index (χ1) is 14.0. The number of nitrogens with one attached hydrogen (secondary N) is 2. The van der Waals surface area contributed by atoms with Gasteiger partial charge in [0.1, 0.15) is 5.75 Å². The lowest BCUT2D eigenvalue weighted by Gasteiger charge is -2.11. The Bertz CT molecular complexity index is 805. The highest BCUT2D eigenvalue weighted by molar-refractivity contribution is 7.98. The molecule has 0 saturated carbocycles. The number of halogens is 1. The van der Waals surface area contributed by atoms with Gasteiger partial charge in [0.05, 0.1) is 27.5 Å². The van der Waals surface area contributed by atoms with Gasteiger partial charge in [0.2, 0.25) is 0 Å². The summed E-state index contributed by atoms with van der Waals surface area (Å²) in [5.74, 6) is 2.01. The maximum absolute atomic E-state index is 10.8. The Morgan fingerprint density at radius 2 is 2.07 bits per heavy atom. The zero-order valence-corrected chi connectivity index (χ0v) is 17.5. The Labute approximate surface area is 178 Å². The smallest absolute Gasteiger partial charge is 0.274 e. The zero-order valence-electron chi connectivity index (χ0n) is 15.9. The summed E-state index contributed by atoms with van der Waals surface area (Å²) in [6.45, 7) is 1.20. The van der Waals surface area contributed by atoms with E-state index in [1.165, 1.54) is 6.20 Å². The van der Waals surface area contributed by atoms with Crippen molar-refractivity contribution < 1.29 is 10.0 Å². The van der Waals surface area contributed by atoms with E-state index in [0.717, 1.165) is 42.6 Å². The van der Waals surface area contributed by atoms with Gasteiger partial charge < -0.3 is 15.7 Å². The number of unbranched alkanes of at least 4 members (excludes halogenated alkanes) is 1. The maximum Gasteiger partial charge on any atom is 0.274 e. The van der Waals surface area contributed by atoms with Crippen LogP contribution in [-0.4, -0.2) is 38.8 Å². The summed E-state index contributed by atoms with van der Waals surface area (Å²) in [7, 11) is 0. The molecule has 0 fully saturated rings. The van der Waals surface area contributed by atoms with Crippen LogP contribution in [0.3, 0.4) is 0 Å². The lowest BCUT2D eigenvalue weighted by atomic mass is 10.2. The maximum atomic E-state index is 10.8. The molecule has 2 rings (SSSR count). The van der Waals surface area contributed by atoms with E-state index in [0.29, 0.717) is 29.7 Å². The third kappa shape index (κ3) is 9.49. The molecule has 3 N–H and O–H groups in total. The van der Waals surface area contributed by atoms with E-state index in [9.17, 15) is 15.2 Å². The SMILES string of the molecule is O=[N+]([O-])/C=C(/NCCCCc1ncccc1Cl)NCCSCc1ccc(O)cn1. The highest BCUT2D eigenvalue weighted by atomic mass is 35.5. The summed E-state index contributed by atoms with van der Waals surface area (Å²) >= 11 is 7.74. The monoisotopic (exact) mass is 437 g/mol. The van der Waals surface area contributed by atoms with Crippen molar-refractivity contribution in [2.24, 2.45) is 0 Å². The van der Waals surface area contributed by atoms with Crippen molar-refractivity contribution in [1.82, 2.24) is 20.6 Å². The number of aromatic hydroxyl groups is 1. The number of nitrogens with zero attached hydrogens (tertiary/aromatic N) is 3. The average molecular weight is 438 g/mol. The summed E-state index contributed by atoms with van der Waals surface area (Å²) in [6, 6.07) is 6.99. The number of aromatic nitrogens is 2. The van der Waals surface area contributed by atoms with Crippen molar-refractivity contribution in [1.29, 1.82) is 0 Å². The molecular formula is C19H24ClN5O3S. The summed E-state index contributed by atoms with van der Waals surface area (Å²) in [6.07, 6.45) is 6.57. The molecule has 0 atom stereocenters. The van der Waals surface area contributed by atoms with Gasteiger partial charge in [-0.1, -0.05) is 11.6 Å². The van der Waals surface area contributed by atoms with Crippen LogP contribution in [0.1, 0.15) is 24.2 Å². The van der Waals surface area contributed by atoms with E-state index in [1.807, 2.05) is 6.07 Å². The molecule has 0 aliphatic rings. The minimum Gasteiger partial charge on any atom is -0.506 e. The molecule has 0 unspecified atom stereocenters. The fraction of sp³-hybridized carbons (Fsp3) is 0.368. The second-order valence-electron chi connectivity index (χ2n) is 6.13. The van der Waals surface area contributed by atoms with Crippen molar-refractivity contribution in [3.05, 3.63) is 75.2 Å². The molecule has 2 aromatic rings. The van der Waals surface area contributed by atoms with E-state index >= 15 is 0 Å². The van der Waals surface area contributed by atoms with Crippen LogP contribution >= 0.6 is 23.4 Å². The van der Waals surface area contributed by atoms with Gasteiger partial charge >= 0.3 is 0 Å². The molecule has 2 aromatic heterocycles. The van der Waals surface area contributed by atoms with Crippen molar-refractivity contribution in [2.75, 3.05) is 18.8 Å². The first-order valence-electron chi connectivity index (χ1n) is 9.18. The molecule has 0 spiro atoms. The third-order valence-electron chi connectivity index (χ3n) is 3.85. The molecule has 0 aliphatic heterocycles. The molecule has 0 saturated heterocycles. The van der Waals surface area contributed by atoms with Gasteiger partial charge in [0.15, 0.2) is 5.82 Å². The molecule has 0 bridgehead atoms. The zero-order chi connectivity index (χ0) is 20.9. The first-order valence-corrected chi connectivity index (χ1v) is 10.7. The van der Waals surface area contributed by atoms with Gasteiger partial charge in [-0.15, -0.1) is 0 Å². The van der Waals surface area contributed by atoms with E-state index in [2.05, 4.69) is 20.6 Å². The number of hydrogen-bond donors (Lipinski definition) is 3. The Balaban J connectivity index is 1.63. The summed E-state index contributed by atoms with van der Waals surface area (Å²) in [4.78, 5) is 18.7. The lowest BCUT2D eigenvalue weighted by molar-refractivity contribution is -0.404. The van der Waals surface area contributed by atoms with Crippen LogP contribution < -0.4 is 10.6 Å². The lowest BCUT2D eigenvalue weighted by Crippen LogP contribution is -2.29. The van der Waals surface area contributed by atoms with Gasteiger partial charge in [-0.25, -0.2) is 0 Å². The van der Waals surface area contributed by atoms with Crippen LogP contribution in [-0.2, 0) is 12.2 Å². The largest absolute Gasteiger partial charge is 0.506 e. The highest BCUT2D eigenvalue weighted by Gasteiger charge is 2.04. The van der Waals surface area contributed by atoms with Gasteiger partial charge in [-0.05, 0) is 43.5 Å². The number of hydrogen-bond acceptors (Lipinski definition) is 8. The van der Waals surface area contributed by atoms with Crippen LogP contribution in [0.5, 0.6) is 5.75 Å². The van der Waals surface area contributed by atoms with E-state index in [4.69, 9.17) is 11.6 Å². The summed E-state index contributed by atoms with van der Waals surface area (Å²) in [5.41, 5.74) is 1.74.